The number of hydrogen-bond donors (Lipinski definition) is 1. The summed E-state index contributed by atoms with van der Waals surface area (Å²) in [7, 11) is 1.62. The third kappa shape index (κ3) is 4.59. The van der Waals surface area contributed by atoms with Gasteiger partial charge in [-0.2, -0.15) is 5.26 Å². The van der Waals surface area contributed by atoms with Gasteiger partial charge in [0.2, 0.25) is 11.9 Å². The van der Waals surface area contributed by atoms with Gasteiger partial charge in [-0.05, 0) is 75.4 Å². The van der Waals surface area contributed by atoms with E-state index in [1.807, 2.05) is 49.4 Å². The molecule has 8 nitrogen and oxygen atoms in total. The Morgan fingerprint density at radius 1 is 1.14 bits per heavy atom. The Bertz CT molecular complexity index is 1250. The summed E-state index contributed by atoms with van der Waals surface area (Å²) in [6.07, 6.45) is 0.276. The summed E-state index contributed by atoms with van der Waals surface area (Å²) in [4.78, 5) is 32.1. The molecule has 4 rings (SSSR count). The minimum atomic E-state index is -0.885. The van der Waals surface area contributed by atoms with Crippen LogP contribution in [0, 0.1) is 16.7 Å². The Morgan fingerprint density at radius 3 is 2.42 bits per heavy atom. The molecule has 1 N–H and O–H groups in total. The number of nitriles is 1. The number of aliphatic imine (C=N–C) groups is 1. The van der Waals surface area contributed by atoms with Crippen LogP contribution in [0.5, 0.6) is 0 Å². The summed E-state index contributed by atoms with van der Waals surface area (Å²) in [5.74, 6) is 0.0250. The Morgan fingerprint density at radius 2 is 1.78 bits per heavy atom. The highest BCUT2D eigenvalue weighted by Crippen LogP contribution is 2.50. The molecular weight excluding hydrogens is 456 g/mol. The lowest BCUT2D eigenvalue weighted by molar-refractivity contribution is -0.154. The van der Waals surface area contributed by atoms with E-state index < -0.39 is 22.6 Å². The molecule has 1 unspecified atom stereocenters. The van der Waals surface area contributed by atoms with Crippen LogP contribution in [0.15, 0.2) is 53.5 Å². The quantitative estimate of drug-likeness (QED) is 0.663. The minimum absolute atomic E-state index is 0.119. The maximum atomic E-state index is 14.0. The Labute approximate surface area is 211 Å². The van der Waals surface area contributed by atoms with Crippen LogP contribution in [0.1, 0.15) is 51.7 Å². The van der Waals surface area contributed by atoms with E-state index in [1.165, 1.54) is 4.90 Å². The molecule has 2 aliphatic rings. The standard InChI is InChI=1S/C28H32N4O4/c1-26(2,3)36-25(34)30-24-31-27(4,28(23(33)32(24)5)12-14-35-15-13-28)22-11-7-10-21(17-22)20-9-6-8-19(16-20)18-29/h6-11,16-17H,12-15H2,1-5H3,(H,30,31,34). The third-order valence-corrected chi connectivity index (χ3v) is 7.05. The normalized spacial score (nSPS) is 22.7. The van der Waals surface area contributed by atoms with Crippen molar-refractivity contribution in [3.63, 3.8) is 0 Å². The van der Waals surface area contributed by atoms with Crippen LogP contribution < -0.4 is 5.32 Å². The number of rotatable bonds is 2. The molecule has 2 aliphatic heterocycles. The number of carbonyl (C=O) groups excluding carboxylic acids is 2. The topological polar surface area (TPSA) is 104 Å². The maximum absolute atomic E-state index is 14.0. The molecule has 0 bridgehead atoms. The summed E-state index contributed by atoms with van der Waals surface area (Å²) >= 11 is 0. The number of guanidine groups is 1. The van der Waals surface area contributed by atoms with Crippen molar-refractivity contribution in [1.82, 2.24) is 10.2 Å². The fourth-order valence-corrected chi connectivity index (χ4v) is 5.09. The molecular formula is C28H32N4O4. The van der Waals surface area contributed by atoms with Gasteiger partial charge in [0.05, 0.1) is 22.6 Å². The van der Waals surface area contributed by atoms with E-state index in [2.05, 4.69) is 16.4 Å². The SMILES string of the molecule is CN1C(=O)C2(CCOCC2)C(C)(c2cccc(-c3cccc(C#N)c3)c2)N/C1=N\C(=O)OC(C)(C)C. The van der Waals surface area contributed by atoms with E-state index in [1.54, 1.807) is 33.9 Å². The predicted octanol–water partition coefficient (Wildman–Crippen LogP) is 4.59. The second kappa shape index (κ2) is 9.40. The first-order chi connectivity index (χ1) is 17.0. The zero-order valence-corrected chi connectivity index (χ0v) is 21.4. The molecule has 1 spiro atoms. The second-order valence-electron chi connectivity index (χ2n) is 10.5. The number of ether oxygens (including phenoxy) is 2. The minimum Gasteiger partial charge on any atom is -0.442 e. The van der Waals surface area contributed by atoms with E-state index in [-0.39, 0.29) is 11.9 Å². The molecule has 2 saturated heterocycles. The van der Waals surface area contributed by atoms with Gasteiger partial charge in [0.25, 0.3) is 0 Å². The molecule has 1 atom stereocenters. The fraction of sp³-hybridized carbons (Fsp3) is 0.429. The number of nitrogens with zero attached hydrogens (tertiary/aromatic N) is 3. The van der Waals surface area contributed by atoms with Crippen LogP contribution in [-0.2, 0) is 19.8 Å². The van der Waals surface area contributed by atoms with Crippen LogP contribution in [0.2, 0.25) is 0 Å². The van der Waals surface area contributed by atoms with Crippen LogP contribution in [0.3, 0.4) is 0 Å². The van der Waals surface area contributed by atoms with Gasteiger partial charge in [-0.25, -0.2) is 4.79 Å². The number of carbonyl (C=O) groups is 2. The first-order valence-corrected chi connectivity index (χ1v) is 12.1. The highest BCUT2D eigenvalue weighted by Gasteiger charge is 2.60. The van der Waals surface area contributed by atoms with Gasteiger partial charge in [-0.1, -0.05) is 30.3 Å². The van der Waals surface area contributed by atoms with Gasteiger partial charge in [-0.3, -0.25) is 9.69 Å². The van der Waals surface area contributed by atoms with Crippen molar-refractivity contribution in [2.24, 2.45) is 10.4 Å². The van der Waals surface area contributed by atoms with Gasteiger partial charge in [0, 0.05) is 20.3 Å². The van der Waals surface area contributed by atoms with E-state index in [4.69, 9.17) is 9.47 Å². The number of benzene rings is 2. The summed E-state index contributed by atoms with van der Waals surface area (Å²) < 4.78 is 11.0. The lowest BCUT2D eigenvalue weighted by atomic mass is 9.60. The third-order valence-electron chi connectivity index (χ3n) is 7.05. The highest BCUT2D eigenvalue weighted by molar-refractivity contribution is 6.06. The van der Waals surface area contributed by atoms with E-state index >= 15 is 0 Å². The molecule has 0 saturated carbocycles. The lowest BCUT2D eigenvalue weighted by Gasteiger charge is -2.55. The van der Waals surface area contributed by atoms with Crippen molar-refractivity contribution >= 4 is 18.0 Å². The zero-order valence-electron chi connectivity index (χ0n) is 21.4. The fourth-order valence-electron chi connectivity index (χ4n) is 5.09. The van der Waals surface area contributed by atoms with Crippen LogP contribution in [0.25, 0.3) is 11.1 Å². The number of amides is 2. The van der Waals surface area contributed by atoms with Gasteiger partial charge >= 0.3 is 6.09 Å². The zero-order chi connectivity index (χ0) is 26.1. The molecule has 0 aliphatic carbocycles. The van der Waals surface area contributed by atoms with Gasteiger partial charge < -0.3 is 14.8 Å². The first-order valence-electron chi connectivity index (χ1n) is 12.1. The lowest BCUT2D eigenvalue weighted by Crippen LogP contribution is -2.71. The molecule has 188 valence electrons. The average molecular weight is 489 g/mol. The van der Waals surface area contributed by atoms with Crippen molar-refractivity contribution in [3.05, 3.63) is 59.7 Å². The summed E-state index contributed by atoms with van der Waals surface area (Å²) in [6, 6.07) is 17.5. The molecule has 2 amide bonds. The van der Waals surface area contributed by atoms with Crippen LogP contribution in [-0.4, -0.2) is 48.7 Å². The van der Waals surface area contributed by atoms with Gasteiger partial charge in [0.15, 0.2) is 0 Å². The van der Waals surface area contributed by atoms with Crippen molar-refractivity contribution < 1.29 is 19.1 Å². The van der Waals surface area contributed by atoms with Gasteiger partial charge in [0.1, 0.15) is 5.60 Å². The largest absolute Gasteiger partial charge is 0.442 e. The smallest absolute Gasteiger partial charge is 0.437 e. The Balaban J connectivity index is 1.82. The van der Waals surface area contributed by atoms with Crippen LogP contribution in [0.4, 0.5) is 4.79 Å². The Hall–Kier alpha value is -3.70. The van der Waals surface area contributed by atoms with Crippen molar-refractivity contribution in [3.8, 4) is 17.2 Å². The molecule has 0 aromatic heterocycles. The van der Waals surface area contributed by atoms with Crippen molar-refractivity contribution in [2.45, 2.75) is 51.7 Å². The van der Waals surface area contributed by atoms with E-state index in [9.17, 15) is 14.9 Å². The molecule has 36 heavy (non-hydrogen) atoms. The van der Waals surface area contributed by atoms with E-state index in [0.29, 0.717) is 31.6 Å². The average Bonchev–Trinajstić information content (AvgIpc) is 2.86. The summed E-state index contributed by atoms with van der Waals surface area (Å²) in [5, 5.41) is 12.8. The molecule has 2 heterocycles. The number of hydrogen-bond acceptors (Lipinski definition) is 5. The second-order valence-corrected chi connectivity index (χ2v) is 10.5. The summed E-state index contributed by atoms with van der Waals surface area (Å²) in [6.45, 7) is 8.20. The molecule has 0 radical (unpaired) electrons. The van der Waals surface area contributed by atoms with E-state index in [0.717, 1.165) is 16.7 Å². The molecule has 2 fully saturated rings. The van der Waals surface area contributed by atoms with Crippen molar-refractivity contribution in [1.29, 1.82) is 5.26 Å². The molecule has 8 heteroatoms. The predicted molar refractivity (Wildman–Crippen MR) is 136 cm³/mol. The maximum Gasteiger partial charge on any atom is 0.437 e. The monoisotopic (exact) mass is 488 g/mol. The first kappa shape index (κ1) is 25.4. The Kier molecular flexibility index (Phi) is 6.63. The number of nitrogens with one attached hydrogen (secondary N) is 1. The van der Waals surface area contributed by atoms with Crippen molar-refractivity contribution in [2.75, 3.05) is 20.3 Å². The molecule has 2 aromatic rings. The highest BCUT2D eigenvalue weighted by atomic mass is 16.6. The summed E-state index contributed by atoms with van der Waals surface area (Å²) in [5.41, 5.74) is 0.876. The molecule has 2 aromatic carbocycles. The van der Waals surface area contributed by atoms with Gasteiger partial charge in [-0.15, -0.1) is 4.99 Å². The van der Waals surface area contributed by atoms with Crippen LogP contribution >= 0.6 is 0 Å².